The van der Waals surface area contributed by atoms with E-state index in [9.17, 15) is 13.2 Å². The number of nitrogens with zero attached hydrogens (tertiary/aromatic N) is 1. The van der Waals surface area contributed by atoms with E-state index in [1.165, 1.54) is 37.6 Å². The highest BCUT2D eigenvalue weighted by molar-refractivity contribution is 7.92. The van der Waals surface area contributed by atoms with Gasteiger partial charge >= 0.3 is 5.97 Å². The van der Waals surface area contributed by atoms with E-state index < -0.39 is 16.0 Å². The number of sulfonamides is 1. The van der Waals surface area contributed by atoms with Crippen molar-refractivity contribution in [3.8, 4) is 23.1 Å². The lowest BCUT2D eigenvalue weighted by Gasteiger charge is -2.14. The van der Waals surface area contributed by atoms with Crippen LogP contribution in [0.4, 0.5) is 5.69 Å². The van der Waals surface area contributed by atoms with Crippen LogP contribution < -0.4 is 18.9 Å². The molecular weight excluding hydrogens is 436 g/mol. The number of aliphatic carboxylic acids is 1. The average Bonchev–Trinajstić information content (AvgIpc) is 2.79. The maximum Gasteiger partial charge on any atom is 0.328 e. The van der Waals surface area contributed by atoms with Crippen LogP contribution in [-0.2, 0) is 14.8 Å². The highest BCUT2D eigenvalue weighted by Gasteiger charge is 2.22. The van der Waals surface area contributed by atoms with Crippen LogP contribution in [0.2, 0.25) is 0 Å². The average molecular weight is 456 g/mol. The lowest BCUT2D eigenvalue weighted by atomic mass is 10.2. The largest absolute Gasteiger partial charge is 0.497 e. The zero-order chi connectivity index (χ0) is 23.1. The molecule has 1 heterocycles. The minimum absolute atomic E-state index is 0.0436. The molecular formula is C22H20N2O7S. The van der Waals surface area contributed by atoms with Gasteiger partial charge in [-0.15, -0.1) is 0 Å². The molecule has 0 atom stereocenters. The van der Waals surface area contributed by atoms with Crippen LogP contribution in [0.3, 0.4) is 0 Å². The zero-order valence-electron chi connectivity index (χ0n) is 17.2. The number of hydrogen-bond donors (Lipinski definition) is 2. The summed E-state index contributed by atoms with van der Waals surface area (Å²) >= 11 is 0. The number of carbonyl (C=O) groups is 1. The lowest BCUT2D eigenvalue weighted by molar-refractivity contribution is -0.131. The second-order valence-electron chi connectivity index (χ2n) is 6.32. The molecule has 0 aliphatic carbocycles. The SMILES string of the molecule is COc1ccc(Oc2ncccc2NS(=O)(=O)c2cc(/C=C/C(=O)O)ccc2OC)cc1. The lowest BCUT2D eigenvalue weighted by Crippen LogP contribution is -2.15. The molecule has 0 unspecified atom stereocenters. The number of carboxylic acid groups (broad SMARTS) is 1. The van der Waals surface area contributed by atoms with Gasteiger partial charge in [-0.05, 0) is 60.2 Å². The van der Waals surface area contributed by atoms with Crippen molar-refractivity contribution in [1.82, 2.24) is 4.98 Å². The van der Waals surface area contributed by atoms with Crippen LogP contribution in [0.25, 0.3) is 6.08 Å². The number of rotatable bonds is 9. The Hall–Kier alpha value is -4.05. The molecule has 0 saturated heterocycles. The highest BCUT2D eigenvalue weighted by atomic mass is 32.2. The van der Waals surface area contributed by atoms with Crippen LogP contribution in [0.5, 0.6) is 23.1 Å². The Bertz CT molecular complexity index is 1240. The first-order valence-electron chi connectivity index (χ1n) is 9.21. The summed E-state index contributed by atoms with van der Waals surface area (Å²) in [5.41, 5.74) is 0.478. The molecule has 0 bridgehead atoms. The Balaban J connectivity index is 1.93. The van der Waals surface area contributed by atoms with Gasteiger partial charge in [0, 0.05) is 12.3 Å². The fourth-order valence-electron chi connectivity index (χ4n) is 2.68. The molecule has 1 aromatic heterocycles. The van der Waals surface area contributed by atoms with E-state index in [4.69, 9.17) is 19.3 Å². The first-order chi connectivity index (χ1) is 15.3. The second kappa shape index (κ2) is 9.84. The van der Waals surface area contributed by atoms with Gasteiger partial charge in [0.1, 0.15) is 27.8 Å². The molecule has 9 nitrogen and oxygen atoms in total. The van der Waals surface area contributed by atoms with E-state index in [0.717, 1.165) is 6.08 Å². The van der Waals surface area contributed by atoms with Gasteiger partial charge in [-0.2, -0.15) is 0 Å². The van der Waals surface area contributed by atoms with E-state index in [2.05, 4.69) is 9.71 Å². The summed E-state index contributed by atoms with van der Waals surface area (Å²) in [6.07, 6.45) is 3.66. The third-order valence-corrected chi connectivity index (χ3v) is 5.57. The number of pyridine rings is 1. The molecule has 166 valence electrons. The molecule has 2 aromatic carbocycles. The van der Waals surface area contributed by atoms with Crippen molar-refractivity contribution in [2.24, 2.45) is 0 Å². The Morgan fingerprint density at radius 2 is 1.75 bits per heavy atom. The van der Waals surface area contributed by atoms with Crippen LogP contribution in [0.1, 0.15) is 5.56 Å². The van der Waals surface area contributed by atoms with Crippen molar-refractivity contribution in [2.45, 2.75) is 4.90 Å². The molecule has 3 rings (SSSR count). The number of ether oxygens (including phenoxy) is 3. The number of carboxylic acids is 1. The monoisotopic (exact) mass is 456 g/mol. The quantitative estimate of drug-likeness (QED) is 0.466. The molecule has 32 heavy (non-hydrogen) atoms. The molecule has 0 amide bonds. The number of hydrogen-bond acceptors (Lipinski definition) is 7. The Morgan fingerprint density at radius 3 is 2.41 bits per heavy atom. The van der Waals surface area contributed by atoms with Crippen LogP contribution in [0.15, 0.2) is 71.8 Å². The highest BCUT2D eigenvalue weighted by Crippen LogP contribution is 2.32. The normalized spacial score (nSPS) is 11.2. The van der Waals surface area contributed by atoms with E-state index in [1.54, 1.807) is 43.5 Å². The summed E-state index contributed by atoms with van der Waals surface area (Å²) in [4.78, 5) is 14.7. The Morgan fingerprint density at radius 1 is 1.03 bits per heavy atom. The number of aromatic nitrogens is 1. The van der Waals surface area contributed by atoms with Crippen molar-refractivity contribution in [1.29, 1.82) is 0 Å². The van der Waals surface area contributed by atoms with E-state index >= 15 is 0 Å². The number of anilines is 1. The van der Waals surface area contributed by atoms with Crippen LogP contribution in [-0.4, -0.2) is 38.7 Å². The summed E-state index contributed by atoms with van der Waals surface area (Å²) in [5, 5.41) is 8.81. The number of methoxy groups -OCH3 is 2. The fraction of sp³-hybridized carbons (Fsp3) is 0.0909. The van der Waals surface area contributed by atoms with Gasteiger partial charge in [0.15, 0.2) is 0 Å². The van der Waals surface area contributed by atoms with Gasteiger partial charge in [-0.3, -0.25) is 4.72 Å². The fourth-order valence-corrected chi connectivity index (χ4v) is 3.94. The third-order valence-electron chi connectivity index (χ3n) is 4.18. The third kappa shape index (κ3) is 5.55. The number of benzene rings is 2. The minimum Gasteiger partial charge on any atom is -0.497 e. The molecule has 0 saturated carbocycles. The van der Waals surface area contributed by atoms with Gasteiger partial charge in [-0.1, -0.05) is 6.07 Å². The molecule has 0 aliphatic heterocycles. The summed E-state index contributed by atoms with van der Waals surface area (Å²) in [6.45, 7) is 0. The van der Waals surface area contributed by atoms with Gasteiger partial charge in [0.05, 0.1) is 14.2 Å². The predicted octanol–water partition coefficient (Wildman–Crippen LogP) is 3.79. The molecule has 3 aromatic rings. The molecule has 0 aliphatic rings. The maximum atomic E-state index is 13.1. The van der Waals surface area contributed by atoms with E-state index in [0.29, 0.717) is 17.1 Å². The molecule has 0 radical (unpaired) electrons. The first kappa shape index (κ1) is 22.6. The van der Waals surface area contributed by atoms with Crippen molar-refractivity contribution >= 4 is 27.8 Å². The van der Waals surface area contributed by atoms with Crippen molar-refractivity contribution in [3.05, 3.63) is 72.4 Å². The van der Waals surface area contributed by atoms with Crippen LogP contribution in [0, 0.1) is 0 Å². The maximum absolute atomic E-state index is 13.1. The summed E-state index contributed by atoms with van der Waals surface area (Å²) in [6, 6.07) is 14.1. The minimum atomic E-state index is -4.14. The molecule has 0 spiro atoms. The van der Waals surface area contributed by atoms with Crippen molar-refractivity contribution < 1.29 is 32.5 Å². The van der Waals surface area contributed by atoms with Gasteiger partial charge < -0.3 is 19.3 Å². The van der Waals surface area contributed by atoms with Gasteiger partial charge in [0.25, 0.3) is 10.0 Å². The molecule has 2 N–H and O–H groups in total. The second-order valence-corrected chi connectivity index (χ2v) is 7.97. The summed E-state index contributed by atoms with van der Waals surface area (Å²) in [7, 11) is -1.26. The zero-order valence-corrected chi connectivity index (χ0v) is 18.0. The van der Waals surface area contributed by atoms with Gasteiger partial charge in [-0.25, -0.2) is 18.2 Å². The molecule has 10 heteroatoms. The first-order valence-corrected chi connectivity index (χ1v) is 10.7. The van der Waals surface area contributed by atoms with E-state index in [-0.39, 0.29) is 22.2 Å². The summed E-state index contributed by atoms with van der Waals surface area (Å²) in [5.74, 6) is 0.0548. The summed E-state index contributed by atoms with van der Waals surface area (Å²) < 4.78 is 44.7. The predicted molar refractivity (Wildman–Crippen MR) is 118 cm³/mol. The van der Waals surface area contributed by atoms with Gasteiger partial charge in [0.2, 0.25) is 5.88 Å². The Kier molecular flexibility index (Phi) is 6.96. The van der Waals surface area contributed by atoms with E-state index in [1.807, 2.05) is 0 Å². The molecule has 0 fully saturated rings. The van der Waals surface area contributed by atoms with Crippen LogP contribution >= 0.6 is 0 Å². The number of nitrogens with one attached hydrogen (secondary N) is 1. The smallest absolute Gasteiger partial charge is 0.328 e. The Labute approximate surface area is 185 Å². The van der Waals surface area contributed by atoms with Crippen molar-refractivity contribution in [3.63, 3.8) is 0 Å². The van der Waals surface area contributed by atoms with Crippen molar-refractivity contribution in [2.75, 3.05) is 18.9 Å². The topological polar surface area (TPSA) is 124 Å². The standard InChI is InChI=1S/C22H20N2O7S/c1-29-16-7-9-17(10-8-16)31-22-18(4-3-13-23-22)24-32(27,28)20-14-15(6-12-21(25)26)5-11-19(20)30-2/h3-14,24H,1-2H3,(H,25,26)/b12-6+.